The highest BCUT2D eigenvalue weighted by atomic mass is 79.9. The Morgan fingerprint density at radius 2 is 2.15 bits per heavy atom. The zero-order valence-corrected chi connectivity index (χ0v) is 14.2. The van der Waals surface area contributed by atoms with E-state index in [9.17, 15) is 4.79 Å². The molecule has 1 amide bonds. The third-order valence-corrected chi connectivity index (χ3v) is 3.64. The Kier molecular flexibility index (Phi) is 4.82. The summed E-state index contributed by atoms with van der Waals surface area (Å²) in [5, 5.41) is 6.90. The monoisotopic (exact) mass is 401 g/mol. The van der Waals surface area contributed by atoms with Crippen LogP contribution < -0.4 is 10.1 Å². The third-order valence-electron chi connectivity index (χ3n) is 2.52. The first-order valence-corrected chi connectivity index (χ1v) is 7.42. The summed E-state index contributed by atoms with van der Waals surface area (Å²) >= 11 is 6.73. The number of carbonyl (C=O) groups excluding carboxylic acids is 1. The molecule has 0 aliphatic carbocycles. The van der Waals surface area contributed by atoms with E-state index in [1.807, 2.05) is 19.1 Å². The maximum absolute atomic E-state index is 11.8. The number of hydrogen-bond acceptors (Lipinski definition) is 3. The number of nitrogens with zero attached hydrogens (tertiary/aromatic N) is 2. The second kappa shape index (κ2) is 6.41. The van der Waals surface area contributed by atoms with Crippen molar-refractivity contribution in [2.45, 2.75) is 6.92 Å². The van der Waals surface area contributed by atoms with E-state index >= 15 is 0 Å². The van der Waals surface area contributed by atoms with Crippen molar-refractivity contribution in [1.82, 2.24) is 9.78 Å². The minimum absolute atomic E-state index is 0.0650. The number of carbonyl (C=O) groups is 1. The van der Waals surface area contributed by atoms with Crippen molar-refractivity contribution in [2.24, 2.45) is 7.05 Å². The van der Waals surface area contributed by atoms with Crippen LogP contribution in [-0.4, -0.2) is 22.3 Å². The summed E-state index contributed by atoms with van der Waals surface area (Å²) in [4.78, 5) is 11.8. The summed E-state index contributed by atoms with van der Waals surface area (Å²) in [5.41, 5.74) is 0.847. The Morgan fingerprint density at radius 1 is 1.40 bits per heavy atom. The summed E-state index contributed by atoms with van der Waals surface area (Å²) in [6.07, 6.45) is 0. The zero-order valence-electron chi connectivity index (χ0n) is 11.0. The lowest BCUT2D eigenvalue weighted by Gasteiger charge is -2.09. The molecule has 0 saturated heterocycles. The normalized spacial score (nSPS) is 10.4. The standard InChI is InChI=1S/C13H13Br2N3O2/c1-8-5-12(18(2)17-8)16-13(19)7-20-11-4-3-9(14)6-10(11)15/h3-6H,7H2,1-2H3,(H,16,19). The molecule has 7 heteroatoms. The highest BCUT2D eigenvalue weighted by Gasteiger charge is 2.09. The summed E-state index contributed by atoms with van der Waals surface area (Å²) in [6.45, 7) is 1.80. The minimum Gasteiger partial charge on any atom is -0.483 e. The van der Waals surface area contributed by atoms with Gasteiger partial charge in [-0.05, 0) is 41.1 Å². The van der Waals surface area contributed by atoms with Gasteiger partial charge in [-0.25, -0.2) is 0 Å². The van der Waals surface area contributed by atoms with Gasteiger partial charge in [-0.1, -0.05) is 15.9 Å². The molecule has 2 aromatic rings. The lowest BCUT2D eigenvalue weighted by molar-refractivity contribution is -0.118. The van der Waals surface area contributed by atoms with Crippen molar-refractivity contribution in [2.75, 3.05) is 11.9 Å². The predicted octanol–water partition coefficient (Wildman–Crippen LogP) is 3.27. The zero-order chi connectivity index (χ0) is 14.7. The number of aromatic nitrogens is 2. The molecular formula is C13H13Br2N3O2. The van der Waals surface area contributed by atoms with E-state index in [1.54, 1.807) is 23.9 Å². The number of hydrogen-bond donors (Lipinski definition) is 1. The maximum Gasteiger partial charge on any atom is 0.263 e. The summed E-state index contributed by atoms with van der Waals surface area (Å²) in [6, 6.07) is 7.29. The Bertz CT molecular complexity index is 641. The van der Waals surface area contributed by atoms with Crippen molar-refractivity contribution in [1.29, 1.82) is 0 Å². The molecule has 0 aliphatic heterocycles. The van der Waals surface area contributed by atoms with Gasteiger partial charge in [0.15, 0.2) is 6.61 Å². The predicted molar refractivity (Wildman–Crippen MR) is 83.9 cm³/mol. The van der Waals surface area contributed by atoms with Gasteiger partial charge in [-0.3, -0.25) is 9.48 Å². The summed E-state index contributed by atoms with van der Waals surface area (Å²) < 4.78 is 8.80. The molecule has 0 spiro atoms. The van der Waals surface area contributed by atoms with Crippen molar-refractivity contribution < 1.29 is 9.53 Å². The molecular weight excluding hydrogens is 390 g/mol. The lowest BCUT2D eigenvalue weighted by Crippen LogP contribution is -2.21. The Morgan fingerprint density at radius 3 is 2.75 bits per heavy atom. The van der Waals surface area contributed by atoms with Crippen LogP contribution in [-0.2, 0) is 11.8 Å². The fraction of sp³-hybridized carbons (Fsp3) is 0.231. The van der Waals surface area contributed by atoms with Crippen LogP contribution >= 0.6 is 31.9 Å². The lowest BCUT2D eigenvalue weighted by atomic mass is 10.3. The first kappa shape index (κ1) is 15.1. The molecule has 2 rings (SSSR count). The number of rotatable bonds is 4. The fourth-order valence-corrected chi connectivity index (χ4v) is 2.80. The topological polar surface area (TPSA) is 56.1 Å². The van der Waals surface area contributed by atoms with E-state index in [1.165, 1.54) is 0 Å². The van der Waals surface area contributed by atoms with E-state index in [4.69, 9.17) is 4.74 Å². The number of nitrogens with one attached hydrogen (secondary N) is 1. The highest BCUT2D eigenvalue weighted by Crippen LogP contribution is 2.28. The number of aryl methyl sites for hydroxylation is 2. The van der Waals surface area contributed by atoms with E-state index in [0.29, 0.717) is 11.6 Å². The first-order valence-electron chi connectivity index (χ1n) is 5.84. The van der Waals surface area contributed by atoms with Crippen molar-refractivity contribution >= 4 is 43.6 Å². The van der Waals surface area contributed by atoms with Gasteiger partial charge < -0.3 is 10.1 Å². The largest absolute Gasteiger partial charge is 0.483 e. The molecule has 0 saturated carbocycles. The van der Waals surface area contributed by atoms with E-state index in [0.717, 1.165) is 14.6 Å². The van der Waals surface area contributed by atoms with Gasteiger partial charge in [0, 0.05) is 17.6 Å². The number of halogens is 2. The first-order chi connectivity index (χ1) is 9.45. The third kappa shape index (κ3) is 3.83. The number of anilines is 1. The fourth-order valence-electron chi connectivity index (χ4n) is 1.64. The van der Waals surface area contributed by atoms with Crippen molar-refractivity contribution in [3.63, 3.8) is 0 Å². The van der Waals surface area contributed by atoms with Gasteiger partial charge in [0.25, 0.3) is 5.91 Å². The van der Waals surface area contributed by atoms with Crippen molar-refractivity contribution in [3.8, 4) is 5.75 Å². The second-order valence-corrected chi connectivity index (χ2v) is 5.98. The number of amides is 1. The number of benzene rings is 1. The van der Waals surface area contributed by atoms with Gasteiger partial charge in [-0.15, -0.1) is 0 Å². The van der Waals surface area contributed by atoms with Gasteiger partial charge in [0.2, 0.25) is 0 Å². The summed E-state index contributed by atoms with van der Waals surface area (Å²) in [5.74, 6) is 1.03. The van der Waals surface area contributed by atoms with Crippen LogP contribution in [0.25, 0.3) is 0 Å². The molecule has 0 unspecified atom stereocenters. The van der Waals surface area contributed by atoms with Gasteiger partial charge >= 0.3 is 0 Å². The molecule has 1 aromatic heterocycles. The van der Waals surface area contributed by atoms with Gasteiger partial charge in [0.05, 0.1) is 10.2 Å². The van der Waals surface area contributed by atoms with Crippen LogP contribution in [0.15, 0.2) is 33.2 Å². The Balaban J connectivity index is 1.94. The smallest absolute Gasteiger partial charge is 0.263 e. The molecule has 1 aromatic carbocycles. The molecule has 0 aliphatic rings. The SMILES string of the molecule is Cc1cc(NC(=O)COc2ccc(Br)cc2Br)n(C)n1. The quantitative estimate of drug-likeness (QED) is 0.853. The van der Waals surface area contributed by atoms with E-state index in [-0.39, 0.29) is 12.5 Å². The minimum atomic E-state index is -0.234. The maximum atomic E-state index is 11.8. The van der Waals surface area contributed by atoms with Crippen LogP contribution in [0.1, 0.15) is 5.69 Å². The molecule has 0 bridgehead atoms. The molecule has 20 heavy (non-hydrogen) atoms. The van der Waals surface area contributed by atoms with Gasteiger partial charge in [0.1, 0.15) is 11.6 Å². The molecule has 1 heterocycles. The van der Waals surface area contributed by atoms with Gasteiger partial charge in [-0.2, -0.15) is 5.10 Å². The molecule has 1 N–H and O–H groups in total. The summed E-state index contributed by atoms with van der Waals surface area (Å²) in [7, 11) is 1.77. The van der Waals surface area contributed by atoms with Crippen molar-refractivity contribution in [3.05, 3.63) is 38.9 Å². The average molecular weight is 403 g/mol. The molecule has 106 valence electrons. The van der Waals surface area contributed by atoms with E-state index < -0.39 is 0 Å². The average Bonchev–Trinajstić information content (AvgIpc) is 2.66. The van der Waals surface area contributed by atoms with Crippen LogP contribution in [0.5, 0.6) is 5.75 Å². The molecule has 0 radical (unpaired) electrons. The van der Waals surface area contributed by atoms with Crippen LogP contribution in [0.3, 0.4) is 0 Å². The van der Waals surface area contributed by atoms with Crippen LogP contribution in [0, 0.1) is 6.92 Å². The molecule has 0 atom stereocenters. The second-order valence-electron chi connectivity index (χ2n) is 4.21. The van der Waals surface area contributed by atoms with E-state index in [2.05, 4.69) is 42.3 Å². The Hall–Kier alpha value is -1.34. The highest BCUT2D eigenvalue weighted by molar-refractivity contribution is 9.11. The molecule has 5 nitrogen and oxygen atoms in total. The number of ether oxygens (including phenoxy) is 1. The molecule has 0 fully saturated rings. The van der Waals surface area contributed by atoms with Crippen LogP contribution in [0.4, 0.5) is 5.82 Å². The Labute approximate surface area is 133 Å². The van der Waals surface area contributed by atoms with Crippen LogP contribution in [0.2, 0.25) is 0 Å².